The Hall–Kier alpha value is -6.17. The minimum Gasteiger partial charge on any atom is -0.364 e. The van der Waals surface area contributed by atoms with Crippen LogP contribution in [0.1, 0.15) is 10.5 Å². The second kappa shape index (κ2) is 19.4. The summed E-state index contributed by atoms with van der Waals surface area (Å²) in [7, 11) is -11.5. The number of nitrogens with one attached hydrogen (secondary N) is 6. The first-order chi connectivity index (χ1) is 31.2. The van der Waals surface area contributed by atoms with Crippen LogP contribution in [-0.2, 0) is 30.1 Å². The number of carbonyl (C=O) groups is 1. The monoisotopic (exact) mass is 1050 g/mol. The van der Waals surface area contributed by atoms with Crippen LogP contribution in [0, 0.1) is 5.82 Å². The van der Waals surface area contributed by atoms with Crippen LogP contribution < -0.4 is 19.9 Å². The molecule has 0 unspecified atom stereocenters. The van der Waals surface area contributed by atoms with E-state index in [4.69, 9.17) is 63.7 Å². The summed E-state index contributed by atoms with van der Waals surface area (Å²) >= 11 is 29.2. The second-order valence-corrected chi connectivity index (χ2v) is 20.6. The van der Waals surface area contributed by atoms with Crippen molar-refractivity contribution < 1.29 is 34.4 Å². The quantitative estimate of drug-likeness (QED) is 0.0681. The molecule has 1 amide bonds. The molecular weight excluding hydrogens is 1020 g/mol. The summed E-state index contributed by atoms with van der Waals surface area (Å²) in [6, 6.07) is 27.3. The van der Waals surface area contributed by atoms with Crippen molar-refractivity contribution in [2.24, 2.45) is 5.73 Å². The molecule has 3 heterocycles. The number of H-pyrrole nitrogens is 3. The van der Waals surface area contributed by atoms with Crippen molar-refractivity contribution in [3.63, 3.8) is 0 Å². The third-order valence-electron chi connectivity index (χ3n) is 9.01. The van der Waals surface area contributed by atoms with E-state index in [1.165, 1.54) is 60.7 Å². The van der Waals surface area contributed by atoms with E-state index >= 15 is 0 Å². The van der Waals surface area contributed by atoms with Crippen LogP contribution in [0.5, 0.6) is 0 Å². The molecule has 0 aliphatic rings. The van der Waals surface area contributed by atoms with Gasteiger partial charge in [-0.05, 0) is 109 Å². The van der Waals surface area contributed by atoms with E-state index in [1.54, 1.807) is 48.7 Å². The van der Waals surface area contributed by atoms with Gasteiger partial charge in [0.15, 0.2) is 5.69 Å². The number of sulfonamides is 3. The van der Waals surface area contributed by atoms with Crippen molar-refractivity contribution in [3.8, 4) is 0 Å². The van der Waals surface area contributed by atoms with Gasteiger partial charge in [0, 0.05) is 33.2 Å². The molecule has 8 N–H and O–H groups in total. The van der Waals surface area contributed by atoms with Crippen LogP contribution in [0.2, 0.25) is 25.2 Å². The Labute approximate surface area is 398 Å². The van der Waals surface area contributed by atoms with Gasteiger partial charge in [0.25, 0.3) is 36.0 Å². The molecule has 0 saturated heterocycles. The Balaban J connectivity index is 0.000000147. The first kappa shape index (κ1) is 47.8. The number of primary amides is 1. The highest BCUT2D eigenvalue weighted by molar-refractivity contribution is 7.93. The van der Waals surface area contributed by atoms with Crippen molar-refractivity contribution in [1.82, 2.24) is 30.6 Å². The van der Waals surface area contributed by atoms with Crippen LogP contribution in [0.15, 0.2) is 136 Å². The number of anilines is 3. The number of carbonyl (C=O) groups excluding carboxylic acids is 1. The molecule has 9 aromatic rings. The van der Waals surface area contributed by atoms with Crippen molar-refractivity contribution in [3.05, 3.63) is 158 Å². The van der Waals surface area contributed by atoms with Gasteiger partial charge in [-0.2, -0.15) is 15.3 Å². The predicted molar refractivity (Wildman–Crippen MR) is 254 cm³/mol. The molecule has 0 bridgehead atoms. The number of nitrogens with two attached hydrogens (primary N) is 1. The average molecular weight is 1050 g/mol. The molecule has 26 heteroatoms. The summed E-state index contributed by atoms with van der Waals surface area (Å²) < 4.78 is 94.3. The third kappa shape index (κ3) is 11.1. The minimum absolute atomic E-state index is 0.00630. The zero-order valence-corrected chi connectivity index (χ0v) is 39.0. The number of aromatic amines is 3. The fraction of sp³-hybridized carbons (Fsp3) is 0. The molecule has 17 nitrogen and oxygen atoms in total. The summed E-state index contributed by atoms with van der Waals surface area (Å²) in [5.41, 5.74) is 8.22. The summed E-state index contributed by atoms with van der Waals surface area (Å²) in [6.45, 7) is 0. The number of amides is 1. The third-order valence-corrected chi connectivity index (χ3v) is 14.9. The van der Waals surface area contributed by atoms with Gasteiger partial charge in [0.05, 0.1) is 57.5 Å². The van der Waals surface area contributed by atoms with Crippen LogP contribution in [-0.4, -0.2) is 61.8 Å². The molecule has 0 spiro atoms. The number of rotatable bonds is 10. The summed E-state index contributed by atoms with van der Waals surface area (Å²) in [5.74, 6) is -1.39. The van der Waals surface area contributed by atoms with Crippen LogP contribution in [0.3, 0.4) is 0 Å². The van der Waals surface area contributed by atoms with E-state index in [-0.39, 0.29) is 41.1 Å². The largest absolute Gasteiger partial charge is 0.364 e. The van der Waals surface area contributed by atoms with Crippen molar-refractivity contribution in [2.75, 3.05) is 14.2 Å². The molecular formula is C40H28Cl5FN10O7S3. The number of aromatic nitrogens is 6. The molecule has 9 rings (SSSR count). The molecule has 0 saturated carbocycles. The van der Waals surface area contributed by atoms with Gasteiger partial charge in [0.1, 0.15) is 11.0 Å². The Morgan fingerprint density at radius 2 is 1.08 bits per heavy atom. The second-order valence-electron chi connectivity index (χ2n) is 13.6. The average Bonchev–Trinajstić information content (AvgIpc) is 4.01. The molecule has 0 fully saturated rings. The van der Waals surface area contributed by atoms with Gasteiger partial charge in [0.2, 0.25) is 0 Å². The first-order valence-corrected chi connectivity index (χ1v) is 24.6. The zero-order chi connectivity index (χ0) is 47.6. The van der Waals surface area contributed by atoms with Crippen LogP contribution in [0.25, 0.3) is 32.7 Å². The van der Waals surface area contributed by atoms with E-state index in [0.717, 1.165) is 23.0 Å². The maximum absolute atomic E-state index is 13.2. The highest BCUT2D eigenvalue weighted by Gasteiger charge is 2.19. The maximum atomic E-state index is 13.2. The van der Waals surface area contributed by atoms with Gasteiger partial charge >= 0.3 is 0 Å². The maximum Gasteiger partial charge on any atom is 0.269 e. The van der Waals surface area contributed by atoms with E-state index in [2.05, 4.69) is 44.8 Å². The molecule has 0 atom stereocenters. The van der Waals surface area contributed by atoms with Gasteiger partial charge < -0.3 is 5.73 Å². The van der Waals surface area contributed by atoms with Crippen LogP contribution >= 0.6 is 58.0 Å². The lowest BCUT2D eigenvalue weighted by Gasteiger charge is -2.09. The van der Waals surface area contributed by atoms with Gasteiger partial charge in [-0.25, -0.2) is 29.6 Å². The lowest BCUT2D eigenvalue weighted by atomic mass is 10.2. The lowest BCUT2D eigenvalue weighted by molar-refractivity contribution is 0.0997. The van der Waals surface area contributed by atoms with E-state index in [0.29, 0.717) is 43.4 Å². The summed E-state index contributed by atoms with van der Waals surface area (Å²) in [4.78, 5) is 11.1. The summed E-state index contributed by atoms with van der Waals surface area (Å²) in [6.07, 6.45) is 1.62. The molecule has 340 valence electrons. The number of benzene rings is 6. The van der Waals surface area contributed by atoms with Crippen molar-refractivity contribution in [1.29, 1.82) is 0 Å². The molecule has 0 aliphatic heterocycles. The normalized spacial score (nSPS) is 11.7. The smallest absolute Gasteiger partial charge is 0.269 e. The van der Waals surface area contributed by atoms with Gasteiger partial charge in [-0.1, -0.05) is 64.1 Å². The Bertz CT molecular complexity index is 3670. The van der Waals surface area contributed by atoms with E-state index in [1.807, 2.05) is 0 Å². The lowest BCUT2D eigenvalue weighted by Crippen LogP contribution is -2.13. The van der Waals surface area contributed by atoms with Gasteiger partial charge in [-0.15, -0.1) is 0 Å². The molecule has 3 aromatic heterocycles. The number of fused-ring (bicyclic) bond motifs is 3. The van der Waals surface area contributed by atoms with E-state index < -0.39 is 41.8 Å². The molecule has 0 aliphatic carbocycles. The highest BCUT2D eigenvalue weighted by Crippen LogP contribution is 2.30. The fourth-order valence-electron chi connectivity index (χ4n) is 5.88. The Morgan fingerprint density at radius 3 is 1.64 bits per heavy atom. The zero-order valence-electron chi connectivity index (χ0n) is 32.8. The first-order valence-electron chi connectivity index (χ1n) is 18.3. The Morgan fingerprint density at radius 1 is 0.545 bits per heavy atom. The topological polar surface area (TPSA) is 268 Å². The van der Waals surface area contributed by atoms with Gasteiger partial charge in [-0.3, -0.25) is 34.3 Å². The number of halogens is 6. The number of nitrogens with zero attached hydrogens (tertiary/aromatic N) is 3. The highest BCUT2D eigenvalue weighted by atomic mass is 35.5. The predicted octanol–water partition coefficient (Wildman–Crippen LogP) is 9.60. The van der Waals surface area contributed by atoms with Crippen molar-refractivity contribution in [2.45, 2.75) is 14.7 Å². The Kier molecular flexibility index (Phi) is 14.0. The molecule has 0 radical (unpaired) electrons. The van der Waals surface area contributed by atoms with Crippen molar-refractivity contribution >= 4 is 144 Å². The number of hydrogen-bond acceptors (Lipinski definition) is 10. The standard InChI is InChI=1S/C14H11FN4O3S.C13H8Cl3N3O2S.C13H9Cl2N3O2S/c15-8-2-1-3-10(6-8)23(21,22)19-9-4-5-12-11(7-9)13(14(16)20)18-17-12;14-10-3-2-8(6-11(10)15)22(20,21)19-7-1-4-12-9(5-7)13(16)18-17-12;14-11-3-2-10(6-12(11)15)21(19,20)18-9-1-4-13-8(5-9)7-16-17-13/h1-7,19H,(H2,16,20)(H,17,18);1-6,19H,(H,17,18);1-7,18H,(H,16,17). The fourth-order valence-corrected chi connectivity index (χ4v) is 10.0. The van der Waals surface area contributed by atoms with Crippen LogP contribution in [0.4, 0.5) is 21.5 Å². The SMILES string of the molecule is NC(=O)c1n[nH]c2ccc(NS(=O)(=O)c3cccc(F)c3)cc12.O=S(=O)(Nc1ccc2[nH]ncc2c1)c1ccc(Cl)c(Cl)c1.O=S(=O)(Nc1ccc2n[nH]c(Cl)c2c1)c1ccc(Cl)c(Cl)c1. The summed E-state index contributed by atoms with van der Waals surface area (Å²) in [5, 5.41) is 22.8. The molecule has 6 aromatic carbocycles. The number of hydrogen-bond donors (Lipinski definition) is 7. The molecule has 66 heavy (non-hydrogen) atoms. The minimum atomic E-state index is -3.96. The van der Waals surface area contributed by atoms with E-state index in [9.17, 15) is 34.4 Å².